The molecule has 1 aliphatic rings. The molecule has 0 spiro atoms. The van der Waals surface area contributed by atoms with Crippen molar-refractivity contribution in [3.63, 3.8) is 0 Å². The van der Waals surface area contributed by atoms with E-state index < -0.39 is 0 Å². The van der Waals surface area contributed by atoms with Crippen molar-refractivity contribution in [3.05, 3.63) is 23.5 Å². The van der Waals surface area contributed by atoms with Gasteiger partial charge in [0.25, 0.3) is 0 Å². The van der Waals surface area contributed by atoms with Gasteiger partial charge in [0.1, 0.15) is 0 Å². The fourth-order valence-corrected chi connectivity index (χ4v) is 2.44. The third kappa shape index (κ3) is 3.79. The molecule has 0 N–H and O–H groups in total. The van der Waals surface area contributed by atoms with Gasteiger partial charge in [-0.1, -0.05) is 10.2 Å². The number of nitrogens with zero attached hydrogens (tertiary/aromatic N) is 1. The van der Waals surface area contributed by atoms with Crippen molar-refractivity contribution in [3.8, 4) is 0 Å². The lowest BCUT2D eigenvalue weighted by Gasteiger charge is -2.32. The molecule has 1 aromatic heterocycles. The molecule has 0 aromatic carbocycles. The largest absolute Gasteiger partial charge is 0.494 e. The van der Waals surface area contributed by atoms with Crippen molar-refractivity contribution in [2.24, 2.45) is 0 Å². The average Bonchev–Trinajstić information content (AvgIpc) is 2.56. The summed E-state index contributed by atoms with van der Waals surface area (Å²) >= 11 is 0. The molecule has 2 heterocycles. The van der Waals surface area contributed by atoms with Gasteiger partial charge in [-0.2, -0.15) is 0 Å². The van der Waals surface area contributed by atoms with Crippen LogP contribution in [0.15, 0.2) is 12.1 Å². The summed E-state index contributed by atoms with van der Waals surface area (Å²) in [5.74, 6) is 0. The van der Waals surface area contributed by atoms with Crippen LogP contribution < -0.4 is 5.46 Å². The minimum absolute atomic E-state index is 0.0142. The quantitative estimate of drug-likeness (QED) is 0.527. The molecule has 0 saturated carbocycles. The van der Waals surface area contributed by atoms with E-state index in [1.807, 2.05) is 0 Å². The van der Waals surface area contributed by atoms with Crippen LogP contribution in [0.1, 0.15) is 39.1 Å². The van der Waals surface area contributed by atoms with E-state index in [0.29, 0.717) is 0 Å². The highest BCUT2D eigenvalue weighted by Gasteiger charge is 2.52. The van der Waals surface area contributed by atoms with Crippen molar-refractivity contribution in [2.45, 2.75) is 49.1 Å². The summed E-state index contributed by atoms with van der Waals surface area (Å²) in [5.41, 5.74) is 2.56. The van der Waals surface area contributed by atoms with Crippen LogP contribution in [0.3, 0.4) is 0 Å². The van der Waals surface area contributed by atoms with Crippen molar-refractivity contribution in [1.82, 2.24) is 4.98 Å². The van der Waals surface area contributed by atoms with E-state index in [4.69, 9.17) is 14.3 Å². The van der Waals surface area contributed by atoms with Crippen LogP contribution in [0.4, 0.5) is 0 Å². The number of rotatable bonds is 3. The molecule has 0 bridgehead atoms. The predicted molar refractivity (Wildman–Crippen MR) is 115 cm³/mol. The Balaban J connectivity index is 2.51. The maximum Gasteiger partial charge on any atom is 0.494 e. The highest BCUT2D eigenvalue weighted by molar-refractivity contribution is 6.63. The van der Waals surface area contributed by atoms with Crippen LogP contribution >= 0.6 is 0 Å². The van der Waals surface area contributed by atoms with Gasteiger partial charge in [0.2, 0.25) is 0 Å². The van der Waals surface area contributed by atoms with E-state index in [9.17, 15) is 0 Å². The summed E-state index contributed by atoms with van der Waals surface area (Å²) in [4.78, 5) is 4.91. The smallest absolute Gasteiger partial charge is 0.399 e. The van der Waals surface area contributed by atoms with Crippen LogP contribution in [0.5, 0.6) is 0 Å². The summed E-state index contributed by atoms with van der Waals surface area (Å²) < 4.78 is 12.5. The van der Waals surface area contributed by atoms with Gasteiger partial charge in [-0.3, -0.25) is 4.98 Å². The first kappa shape index (κ1) is 18.9. The van der Waals surface area contributed by atoms with Gasteiger partial charge in [0, 0.05) is 11.4 Å². The highest BCUT2D eigenvalue weighted by Crippen LogP contribution is 2.36. The summed E-state index contributed by atoms with van der Waals surface area (Å²) in [5, 5.41) is -0.0285. The standard InChI is InChI=1S/C13H26B7NO2/c1-10(2)11(3,4)23-20(22-10)7-5-8(12(14,15)16)21-9(6-7)13(17,18)19/h5-6H,14-19H2,1-4H3. The van der Waals surface area contributed by atoms with Crippen molar-refractivity contribution >= 4 is 59.7 Å². The number of aromatic nitrogens is 1. The van der Waals surface area contributed by atoms with Crippen LogP contribution in [-0.2, 0) is 19.5 Å². The lowest BCUT2D eigenvalue weighted by molar-refractivity contribution is 0.00578. The Bertz CT molecular complexity index is 559. The lowest BCUT2D eigenvalue weighted by atomic mass is 9.39. The zero-order valence-corrected chi connectivity index (χ0v) is 16.5. The normalized spacial score (nSPS) is 20.6. The van der Waals surface area contributed by atoms with E-state index in [-0.39, 0.29) is 28.5 Å². The molecular formula is C13H26B7NO2. The minimum Gasteiger partial charge on any atom is -0.399 e. The summed E-state index contributed by atoms with van der Waals surface area (Å²) in [7, 11) is 12.8. The Morgan fingerprint density at radius 2 is 1.17 bits per heavy atom. The van der Waals surface area contributed by atoms with E-state index in [1.54, 1.807) is 0 Å². The maximum absolute atomic E-state index is 6.24. The highest BCUT2D eigenvalue weighted by atomic mass is 16.7. The van der Waals surface area contributed by atoms with Crippen molar-refractivity contribution in [2.75, 3.05) is 0 Å². The first-order chi connectivity index (χ1) is 10.1. The third-order valence-corrected chi connectivity index (χ3v) is 4.91. The van der Waals surface area contributed by atoms with E-state index in [2.05, 4.69) is 86.9 Å². The Labute approximate surface area is 147 Å². The molecule has 0 aliphatic carbocycles. The molecule has 0 unspecified atom stereocenters. The van der Waals surface area contributed by atoms with Gasteiger partial charge in [0.15, 0.2) is 0 Å². The summed E-state index contributed by atoms with van der Waals surface area (Å²) in [6.07, 6.45) is 0. The molecule has 0 radical (unpaired) electrons. The van der Waals surface area contributed by atoms with Gasteiger partial charge < -0.3 is 9.31 Å². The fourth-order valence-electron chi connectivity index (χ4n) is 2.44. The van der Waals surface area contributed by atoms with Crippen LogP contribution in [0.25, 0.3) is 0 Å². The molecule has 116 valence electrons. The Morgan fingerprint density at radius 3 is 1.48 bits per heavy atom. The zero-order valence-electron chi connectivity index (χ0n) is 16.5. The molecule has 10 heteroatoms. The molecule has 1 saturated heterocycles. The van der Waals surface area contributed by atoms with Crippen LogP contribution in [0, 0.1) is 0 Å². The van der Waals surface area contributed by atoms with Crippen LogP contribution in [-0.4, -0.2) is 70.4 Å². The monoisotopic (exact) mass is 305 g/mol. The SMILES string of the molecule is BC(B)(B)c1cc(B2OC(C)(C)C(C)(C)O2)cc(C(B)(B)B)n1. The number of hydrogen-bond acceptors (Lipinski definition) is 3. The minimum atomic E-state index is -0.342. The Morgan fingerprint density at radius 1 is 0.826 bits per heavy atom. The zero-order chi connectivity index (χ0) is 17.8. The summed E-state index contributed by atoms with van der Waals surface area (Å²) in [6, 6.07) is 4.27. The van der Waals surface area contributed by atoms with Crippen molar-refractivity contribution < 1.29 is 9.31 Å². The Kier molecular flexibility index (Phi) is 4.53. The average molecular weight is 304 g/mol. The molecule has 3 nitrogen and oxygen atoms in total. The Hall–Kier alpha value is -0.475. The molecule has 2 rings (SSSR count). The number of hydrogen-bond donors (Lipinski definition) is 0. The second-order valence-corrected chi connectivity index (χ2v) is 9.76. The van der Waals surface area contributed by atoms with Crippen molar-refractivity contribution in [1.29, 1.82) is 0 Å². The molecule has 23 heavy (non-hydrogen) atoms. The molecule has 1 fully saturated rings. The summed E-state index contributed by atoms with van der Waals surface area (Å²) in [6.45, 7) is 8.35. The van der Waals surface area contributed by atoms with Gasteiger partial charge in [-0.25, -0.2) is 0 Å². The predicted octanol–water partition coefficient (Wildman–Crippen LogP) is -4.60. The third-order valence-electron chi connectivity index (χ3n) is 4.91. The van der Waals surface area contributed by atoms with E-state index >= 15 is 0 Å². The van der Waals surface area contributed by atoms with E-state index in [1.165, 1.54) is 0 Å². The van der Waals surface area contributed by atoms with Crippen LogP contribution in [0.2, 0.25) is 0 Å². The second-order valence-electron chi connectivity index (χ2n) is 9.76. The van der Waals surface area contributed by atoms with Gasteiger partial charge in [-0.05, 0) is 45.3 Å². The van der Waals surface area contributed by atoms with Gasteiger partial charge in [-0.15, -0.1) is 0 Å². The molecule has 1 aliphatic heterocycles. The first-order valence-electron chi connectivity index (χ1n) is 8.52. The topological polar surface area (TPSA) is 31.4 Å². The first-order valence-corrected chi connectivity index (χ1v) is 8.52. The van der Waals surface area contributed by atoms with E-state index in [0.717, 1.165) is 16.9 Å². The second kappa shape index (κ2) is 5.52. The lowest BCUT2D eigenvalue weighted by Crippen LogP contribution is -2.41. The fraction of sp³-hybridized carbons (Fsp3) is 0.615. The molecule has 1 aromatic rings. The molecule has 0 atom stereocenters. The molecular weight excluding hydrogens is 278 g/mol. The number of pyridine rings is 1. The van der Waals surface area contributed by atoms with Gasteiger partial charge in [0.05, 0.1) is 58.3 Å². The van der Waals surface area contributed by atoms with Gasteiger partial charge >= 0.3 is 7.12 Å². The maximum atomic E-state index is 6.24. The molecule has 0 amide bonds.